The number of carbonyl (C=O) groups excluding carboxylic acids is 1. The average Bonchev–Trinajstić information content (AvgIpc) is 3.35. The molecule has 0 unspecified atom stereocenters. The fourth-order valence-corrected chi connectivity index (χ4v) is 3.97. The molecule has 4 rings (SSSR count). The van der Waals surface area contributed by atoms with Gasteiger partial charge in [-0.3, -0.25) is 0 Å². The number of benzene rings is 1. The first-order chi connectivity index (χ1) is 13.2. The van der Waals surface area contributed by atoms with E-state index in [0.717, 1.165) is 37.8 Å². The van der Waals surface area contributed by atoms with Crippen molar-refractivity contribution in [3.8, 4) is 0 Å². The predicted octanol–water partition coefficient (Wildman–Crippen LogP) is 3.51. The first-order valence-electron chi connectivity index (χ1n) is 9.75. The van der Waals surface area contributed by atoms with Gasteiger partial charge in [0.15, 0.2) is 5.82 Å². The van der Waals surface area contributed by atoms with E-state index in [-0.39, 0.29) is 12.1 Å². The monoisotopic (exact) mass is 370 g/mol. The fraction of sp³-hybridized carbons (Fsp3) is 0.550. The van der Waals surface area contributed by atoms with Gasteiger partial charge in [0.2, 0.25) is 5.89 Å². The first-order valence-corrected chi connectivity index (χ1v) is 9.75. The number of fused-ring (bicyclic) bond motifs is 1. The minimum absolute atomic E-state index is 0.103. The first kappa shape index (κ1) is 18.0. The molecule has 1 N–H and O–H groups in total. The van der Waals surface area contributed by atoms with E-state index < -0.39 is 0 Å². The third-order valence-corrected chi connectivity index (χ3v) is 5.41. The van der Waals surface area contributed by atoms with E-state index in [9.17, 15) is 4.79 Å². The van der Waals surface area contributed by atoms with Gasteiger partial charge >= 0.3 is 6.03 Å². The molecule has 0 saturated carbocycles. The van der Waals surface area contributed by atoms with E-state index in [4.69, 9.17) is 9.26 Å². The lowest BCUT2D eigenvalue weighted by Gasteiger charge is -2.33. The van der Waals surface area contributed by atoms with Gasteiger partial charge in [-0.1, -0.05) is 11.2 Å². The van der Waals surface area contributed by atoms with Crippen molar-refractivity contribution in [2.24, 2.45) is 0 Å². The molecule has 1 aliphatic heterocycles. The van der Waals surface area contributed by atoms with Crippen LogP contribution in [0.3, 0.4) is 0 Å². The summed E-state index contributed by atoms with van der Waals surface area (Å²) in [4.78, 5) is 19.2. The molecule has 7 nitrogen and oxygen atoms in total. The van der Waals surface area contributed by atoms with Crippen molar-refractivity contribution >= 4 is 11.7 Å². The molecule has 7 heteroatoms. The number of aromatic nitrogens is 2. The molecule has 1 fully saturated rings. The van der Waals surface area contributed by atoms with Crippen LogP contribution >= 0.6 is 0 Å². The maximum absolute atomic E-state index is 12.9. The van der Waals surface area contributed by atoms with Crippen molar-refractivity contribution in [2.75, 3.05) is 25.6 Å². The number of anilines is 1. The fourth-order valence-electron chi connectivity index (χ4n) is 3.97. The molecule has 2 amide bonds. The Bertz CT molecular complexity index is 804. The van der Waals surface area contributed by atoms with Crippen LogP contribution in [0.2, 0.25) is 0 Å². The summed E-state index contributed by atoms with van der Waals surface area (Å²) < 4.78 is 10.5. The van der Waals surface area contributed by atoms with Crippen molar-refractivity contribution in [1.82, 2.24) is 15.0 Å². The lowest BCUT2D eigenvalue weighted by molar-refractivity contribution is 0.142. The minimum Gasteiger partial charge on any atom is -0.384 e. The summed E-state index contributed by atoms with van der Waals surface area (Å²) in [5.41, 5.74) is 3.61. The maximum atomic E-state index is 12.9. The Kier molecular flexibility index (Phi) is 5.38. The van der Waals surface area contributed by atoms with Gasteiger partial charge in [0.25, 0.3) is 0 Å². The molecule has 27 heavy (non-hydrogen) atoms. The van der Waals surface area contributed by atoms with Gasteiger partial charge in [-0.25, -0.2) is 4.79 Å². The quantitative estimate of drug-likeness (QED) is 0.871. The van der Waals surface area contributed by atoms with Crippen LogP contribution in [-0.4, -0.2) is 41.3 Å². The van der Waals surface area contributed by atoms with Crippen molar-refractivity contribution in [3.63, 3.8) is 0 Å². The zero-order valence-corrected chi connectivity index (χ0v) is 15.7. The average molecular weight is 370 g/mol. The maximum Gasteiger partial charge on any atom is 0.322 e. The van der Waals surface area contributed by atoms with Gasteiger partial charge in [0.1, 0.15) is 6.04 Å². The Morgan fingerprint density at radius 3 is 3.07 bits per heavy atom. The Labute approximate surface area is 159 Å². The van der Waals surface area contributed by atoms with E-state index in [1.807, 2.05) is 11.0 Å². The van der Waals surface area contributed by atoms with E-state index >= 15 is 0 Å². The number of amides is 2. The zero-order chi connectivity index (χ0) is 18.6. The molecule has 1 saturated heterocycles. The number of ether oxygens (including phenoxy) is 1. The molecule has 1 aromatic carbocycles. The topological polar surface area (TPSA) is 80.5 Å². The van der Waals surface area contributed by atoms with Gasteiger partial charge in [0, 0.05) is 25.8 Å². The van der Waals surface area contributed by atoms with Crippen LogP contribution in [0.15, 0.2) is 22.7 Å². The number of nitrogens with one attached hydrogen (secondary N) is 1. The molecule has 144 valence electrons. The second-order valence-corrected chi connectivity index (χ2v) is 7.26. The molecule has 2 aliphatic rings. The van der Waals surface area contributed by atoms with Crippen LogP contribution in [0, 0.1) is 0 Å². The zero-order valence-electron chi connectivity index (χ0n) is 15.7. The standard InChI is InChI=1S/C20H26N4O3/c1-26-12-10-18-22-19(27-23-18)17-7-2-3-11-24(17)20(25)21-16-9-8-14-5-4-6-15(14)13-16/h8-9,13,17H,2-7,10-12H2,1H3,(H,21,25)/t17-/m0/s1. The van der Waals surface area contributed by atoms with Crippen molar-refractivity contribution in [3.05, 3.63) is 41.0 Å². The molecule has 0 bridgehead atoms. The number of methoxy groups -OCH3 is 1. The largest absolute Gasteiger partial charge is 0.384 e. The highest BCUT2D eigenvalue weighted by molar-refractivity contribution is 5.89. The van der Waals surface area contributed by atoms with Gasteiger partial charge < -0.3 is 19.5 Å². The lowest BCUT2D eigenvalue weighted by Crippen LogP contribution is -2.41. The Morgan fingerprint density at radius 1 is 1.30 bits per heavy atom. The van der Waals surface area contributed by atoms with Crippen LogP contribution < -0.4 is 5.32 Å². The van der Waals surface area contributed by atoms with Crippen molar-refractivity contribution in [2.45, 2.75) is 51.0 Å². The van der Waals surface area contributed by atoms with Crippen LogP contribution in [0.1, 0.15) is 54.6 Å². The van der Waals surface area contributed by atoms with Crippen LogP contribution in [-0.2, 0) is 24.0 Å². The SMILES string of the molecule is COCCc1noc([C@@H]2CCCCN2C(=O)Nc2ccc3c(c2)CCC3)n1. The molecular formula is C20H26N4O3. The summed E-state index contributed by atoms with van der Waals surface area (Å²) in [5.74, 6) is 1.14. The summed E-state index contributed by atoms with van der Waals surface area (Å²) in [6, 6.07) is 5.96. The number of aryl methyl sites for hydroxylation is 2. The number of carbonyl (C=O) groups is 1. The highest BCUT2D eigenvalue weighted by Gasteiger charge is 2.32. The summed E-state index contributed by atoms with van der Waals surface area (Å²) in [6.07, 6.45) is 6.90. The second-order valence-electron chi connectivity index (χ2n) is 7.26. The van der Waals surface area contributed by atoms with E-state index in [0.29, 0.717) is 31.3 Å². The molecule has 2 heterocycles. The Morgan fingerprint density at radius 2 is 2.19 bits per heavy atom. The van der Waals surface area contributed by atoms with Gasteiger partial charge in [-0.15, -0.1) is 0 Å². The Hall–Kier alpha value is -2.41. The molecular weight excluding hydrogens is 344 g/mol. The van der Waals surface area contributed by atoms with E-state index in [1.165, 1.54) is 17.5 Å². The normalized spacial score (nSPS) is 19.1. The van der Waals surface area contributed by atoms with Crippen LogP contribution in [0.5, 0.6) is 0 Å². The third kappa shape index (κ3) is 3.98. The van der Waals surface area contributed by atoms with E-state index in [2.05, 4.69) is 27.6 Å². The highest BCUT2D eigenvalue weighted by Crippen LogP contribution is 2.31. The second kappa shape index (κ2) is 8.08. The number of nitrogens with zero attached hydrogens (tertiary/aromatic N) is 3. The number of rotatable bonds is 5. The molecule has 0 spiro atoms. The number of piperidine rings is 1. The Balaban J connectivity index is 1.46. The summed E-state index contributed by atoms with van der Waals surface area (Å²) >= 11 is 0. The molecule has 1 aliphatic carbocycles. The van der Waals surface area contributed by atoms with Crippen molar-refractivity contribution < 1.29 is 14.1 Å². The van der Waals surface area contributed by atoms with Crippen molar-refractivity contribution in [1.29, 1.82) is 0 Å². The smallest absolute Gasteiger partial charge is 0.322 e. The minimum atomic E-state index is -0.169. The summed E-state index contributed by atoms with van der Waals surface area (Å²) in [7, 11) is 1.65. The highest BCUT2D eigenvalue weighted by atomic mass is 16.5. The summed E-state index contributed by atoms with van der Waals surface area (Å²) in [6.45, 7) is 1.24. The summed E-state index contributed by atoms with van der Waals surface area (Å²) in [5, 5.41) is 7.08. The number of hydrogen-bond donors (Lipinski definition) is 1. The van der Waals surface area contributed by atoms with Gasteiger partial charge in [-0.05, 0) is 61.8 Å². The lowest BCUT2D eigenvalue weighted by atomic mass is 10.0. The molecule has 1 aromatic heterocycles. The molecule has 0 radical (unpaired) electrons. The third-order valence-electron chi connectivity index (χ3n) is 5.41. The predicted molar refractivity (Wildman–Crippen MR) is 101 cm³/mol. The van der Waals surface area contributed by atoms with Crippen LogP contribution in [0.4, 0.5) is 10.5 Å². The van der Waals surface area contributed by atoms with E-state index in [1.54, 1.807) is 7.11 Å². The van der Waals surface area contributed by atoms with Crippen LogP contribution in [0.25, 0.3) is 0 Å². The molecule has 1 atom stereocenters. The van der Waals surface area contributed by atoms with Gasteiger partial charge in [-0.2, -0.15) is 4.98 Å². The molecule has 2 aromatic rings. The van der Waals surface area contributed by atoms with Gasteiger partial charge in [0.05, 0.1) is 6.61 Å². The number of hydrogen-bond acceptors (Lipinski definition) is 5. The number of urea groups is 1. The number of likely N-dealkylation sites (tertiary alicyclic amines) is 1.